The van der Waals surface area contributed by atoms with Gasteiger partial charge in [0.05, 0.1) is 7.11 Å². The second-order valence-electron chi connectivity index (χ2n) is 3.97. The number of nitrogens with zero attached hydrogens (tertiary/aromatic N) is 1. The Bertz CT molecular complexity index is 302. The zero-order valence-corrected chi connectivity index (χ0v) is 10.5. The first kappa shape index (κ1) is 13.0. The summed E-state index contributed by atoms with van der Waals surface area (Å²) in [5.41, 5.74) is 1.28. The van der Waals surface area contributed by atoms with Gasteiger partial charge in [-0.2, -0.15) is 0 Å². The molecule has 1 aromatic carbocycles. The van der Waals surface area contributed by atoms with Gasteiger partial charge in [0.2, 0.25) is 0 Å². The largest absolute Gasteiger partial charge is 0.496 e. The molecule has 0 saturated heterocycles. The molecule has 0 saturated carbocycles. The normalized spacial score (nSPS) is 10.8. The Morgan fingerprint density at radius 3 is 2.69 bits per heavy atom. The smallest absolute Gasteiger partial charge is 0.122 e. The van der Waals surface area contributed by atoms with E-state index in [9.17, 15) is 0 Å². The highest BCUT2D eigenvalue weighted by molar-refractivity contribution is 5.33. The maximum absolute atomic E-state index is 5.33. The molecule has 0 aromatic heterocycles. The van der Waals surface area contributed by atoms with Gasteiger partial charge in [0.1, 0.15) is 5.75 Å². The van der Waals surface area contributed by atoms with Crippen molar-refractivity contribution < 1.29 is 4.74 Å². The van der Waals surface area contributed by atoms with Gasteiger partial charge in [-0.25, -0.2) is 0 Å². The van der Waals surface area contributed by atoms with Crippen LogP contribution in [0.4, 0.5) is 0 Å². The van der Waals surface area contributed by atoms with Crippen molar-refractivity contribution in [1.82, 2.24) is 10.2 Å². The van der Waals surface area contributed by atoms with Crippen LogP contribution in [0.5, 0.6) is 5.75 Å². The molecule has 0 heterocycles. The number of rotatable bonds is 7. The molecule has 90 valence electrons. The Kier molecular flexibility index (Phi) is 5.90. The van der Waals surface area contributed by atoms with Crippen LogP contribution in [-0.2, 0) is 6.42 Å². The SMILES string of the molecule is CNCCN(C)CCc1ccccc1OC. The molecule has 0 aliphatic rings. The van der Waals surface area contributed by atoms with E-state index in [1.54, 1.807) is 7.11 Å². The maximum atomic E-state index is 5.33. The van der Waals surface area contributed by atoms with Crippen LogP contribution >= 0.6 is 0 Å². The summed E-state index contributed by atoms with van der Waals surface area (Å²) in [6.45, 7) is 3.16. The number of hydrogen-bond donors (Lipinski definition) is 1. The molecule has 0 radical (unpaired) electrons. The lowest BCUT2D eigenvalue weighted by molar-refractivity contribution is 0.336. The highest BCUT2D eigenvalue weighted by atomic mass is 16.5. The third-order valence-corrected chi connectivity index (χ3v) is 2.70. The predicted octanol–water partition coefficient (Wildman–Crippen LogP) is 1.39. The quantitative estimate of drug-likeness (QED) is 0.754. The molecule has 1 rings (SSSR count). The van der Waals surface area contributed by atoms with Crippen LogP contribution in [0, 0.1) is 0 Å². The zero-order valence-electron chi connectivity index (χ0n) is 10.5. The number of nitrogens with one attached hydrogen (secondary N) is 1. The van der Waals surface area contributed by atoms with Gasteiger partial charge in [0.25, 0.3) is 0 Å². The van der Waals surface area contributed by atoms with Crippen LogP contribution in [0.2, 0.25) is 0 Å². The summed E-state index contributed by atoms with van der Waals surface area (Å²) >= 11 is 0. The zero-order chi connectivity index (χ0) is 11.8. The maximum Gasteiger partial charge on any atom is 0.122 e. The first-order valence-corrected chi connectivity index (χ1v) is 5.73. The Hall–Kier alpha value is -1.06. The Morgan fingerprint density at radius 1 is 1.25 bits per heavy atom. The highest BCUT2D eigenvalue weighted by Gasteiger charge is 2.03. The van der Waals surface area contributed by atoms with Crippen molar-refractivity contribution in [2.24, 2.45) is 0 Å². The number of likely N-dealkylation sites (N-methyl/N-ethyl adjacent to an activating group) is 2. The summed E-state index contributed by atoms with van der Waals surface area (Å²) < 4.78 is 5.33. The van der Waals surface area contributed by atoms with Crippen LogP contribution in [0.15, 0.2) is 24.3 Å². The standard InChI is InChI=1S/C13H22N2O/c1-14-9-11-15(2)10-8-12-6-4-5-7-13(12)16-3/h4-7,14H,8-11H2,1-3H3. The van der Waals surface area contributed by atoms with Gasteiger partial charge in [-0.15, -0.1) is 0 Å². The lowest BCUT2D eigenvalue weighted by atomic mass is 10.1. The Balaban J connectivity index is 2.41. The molecule has 0 aliphatic carbocycles. The molecular formula is C13H22N2O. The third-order valence-electron chi connectivity index (χ3n) is 2.70. The van der Waals surface area contributed by atoms with Crippen LogP contribution in [0.3, 0.4) is 0 Å². The molecule has 3 nitrogen and oxygen atoms in total. The average Bonchev–Trinajstić information content (AvgIpc) is 2.34. The summed E-state index contributed by atoms with van der Waals surface area (Å²) in [6, 6.07) is 8.21. The van der Waals surface area contributed by atoms with Crippen molar-refractivity contribution in [2.75, 3.05) is 40.8 Å². The van der Waals surface area contributed by atoms with E-state index in [0.717, 1.165) is 31.8 Å². The van der Waals surface area contributed by atoms with Crippen LogP contribution in [0.1, 0.15) is 5.56 Å². The fraction of sp³-hybridized carbons (Fsp3) is 0.538. The van der Waals surface area contributed by atoms with Crippen molar-refractivity contribution in [3.8, 4) is 5.75 Å². The van der Waals surface area contributed by atoms with Gasteiger partial charge in [-0.3, -0.25) is 0 Å². The van der Waals surface area contributed by atoms with E-state index in [1.807, 2.05) is 19.2 Å². The highest BCUT2D eigenvalue weighted by Crippen LogP contribution is 2.17. The van der Waals surface area contributed by atoms with E-state index in [-0.39, 0.29) is 0 Å². The van der Waals surface area contributed by atoms with Gasteiger partial charge in [0, 0.05) is 19.6 Å². The van der Waals surface area contributed by atoms with Gasteiger partial charge < -0.3 is 15.0 Å². The second-order valence-corrected chi connectivity index (χ2v) is 3.97. The fourth-order valence-corrected chi connectivity index (χ4v) is 1.64. The van der Waals surface area contributed by atoms with E-state index in [2.05, 4.69) is 29.4 Å². The molecule has 0 aliphatic heterocycles. The minimum absolute atomic E-state index is 0.990. The average molecular weight is 222 g/mol. The van der Waals surface area contributed by atoms with E-state index in [4.69, 9.17) is 4.74 Å². The fourth-order valence-electron chi connectivity index (χ4n) is 1.64. The van der Waals surface area contributed by atoms with E-state index in [1.165, 1.54) is 5.56 Å². The second kappa shape index (κ2) is 7.25. The topological polar surface area (TPSA) is 24.5 Å². The van der Waals surface area contributed by atoms with Crippen molar-refractivity contribution in [1.29, 1.82) is 0 Å². The van der Waals surface area contributed by atoms with Crippen LogP contribution in [-0.4, -0.2) is 45.7 Å². The molecule has 0 bridgehead atoms. The number of benzene rings is 1. The van der Waals surface area contributed by atoms with Crippen molar-refractivity contribution in [2.45, 2.75) is 6.42 Å². The molecule has 0 unspecified atom stereocenters. The molecule has 16 heavy (non-hydrogen) atoms. The van der Waals surface area contributed by atoms with Gasteiger partial charge in [-0.1, -0.05) is 18.2 Å². The molecule has 0 spiro atoms. The van der Waals surface area contributed by atoms with Crippen molar-refractivity contribution in [3.05, 3.63) is 29.8 Å². The van der Waals surface area contributed by atoms with Crippen LogP contribution in [0.25, 0.3) is 0 Å². The monoisotopic (exact) mass is 222 g/mol. The van der Waals surface area contributed by atoms with E-state index < -0.39 is 0 Å². The minimum Gasteiger partial charge on any atom is -0.496 e. The lowest BCUT2D eigenvalue weighted by Crippen LogP contribution is -2.29. The minimum atomic E-state index is 0.990. The summed E-state index contributed by atoms with van der Waals surface area (Å²) in [5.74, 6) is 0.990. The summed E-state index contributed by atoms with van der Waals surface area (Å²) in [5, 5.41) is 3.15. The number of ether oxygens (including phenoxy) is 1. The molecular weight excluding hydrogens is 200 g/mol. The van der Waals surface area contributed by atoms with Crippen LogP contribution < -0.4 is 10.1 Å². The molecule has 3 heteroatoms. The van der Waals surface area contributed by atoms with Gasteiger partial charge in [0.15, 0.2) is 0 Å². The summed E-state index contributed by atoms with van der Waals surface area (Å²) in [6.07, 6.45) is 1.03. The molecule has 1 N–H and O–H groups in total. The number of para-hydroxylation sites is 1. The summed E-state index contributed by atoms with van der Waals surface area (Å²) in [4.78, 5) is 2.32. The first-order chi connectivity index (χ1) is 7.77. The molecule has 0 fully saturated rings. The predicted molar refractivity (Wildman–Crippen MR) is 68.1 cm³/mol. The Morgan fingerprint density at radius 2 is 2.00 bits per heavy atom. The van der Waals surface area contributed by atoms with Gasteiger partial charge >= 0.3 is 0 Å². The first-order valence-electron chi connectivity index (χ1n) is 5.73. The van der Waals surface area contributed by atoms with E-state index in [0.29, 0.717) is 0 Å². The molecule has 0 amide bonds. The third kappa shape index (κ3) is 4.21. The molecule has 1 aromatic rings. The van der Waals surface area contributed by atoms with E-state index >= 15 is 0 Å². The van der Waals surface area contributed by atoms with Crippen molar-refractivity contribution in [3.63, 3.8) is 0 Å². The Labute approximate surface area is 98.4 Å². The molecule has 0 atom stereocenters. The lowest BCUT2D eigenvalue weighted by Gasteiger charge is -2.17. The van der Waals surface area contributed by atoms with Gasteiger partial charge in [-0.05, 0) is 32.1 Å². The van der Waals surface area contributed by atoms with Crippen molar-refractivity contribution >= 4 is 0 Å². The number of hydrogen-bond acceptors (Lipinski definition) is 3. The summed E-state index contributed by atoms with van der Waals surface area (Å²) in [7, 11) is 5.85. The number of methoxy groups -OCH3 is 1.